The van der Waals surface area contributed by atoms with E-state index in [1.54, 1.807) is 23.1 Å². The van der Waals surface area contributed by atoms with E-state index in [1.165, 1.54) is 6.26 Å². The first-order valence-electron chi connectivity index (χ1n) is 7.31. The van der Waals surface area contributed by atoms with E-state index in [-0.39, 0.29) is 11.7 Å². The molecule has 4 rings (SSSR count). The Kier molecular flexibility index (Phi) is 2.82. The van der Waals surface area contributed by atoms with Crippen molar-refractivity contribution in [1.29, 1.82) is 0 Å². The number of Topliss-reactive ketones (excluding diaryl/α,β-unsaturated/α-hetero) is 1. The molecule has 1 saturated heterocycles. The van der Waals surface area contributed by atoms with Crippen LogP contribution in [0.5, 0.6) is 5.75 Å². The Bertz CT molecular complexity index is 737. The molecule has 1 spiro atoms. The van der Waals surface area contributed by atoms with Gasteiger partial charge in [-0.2, -0.15) is 0 Å². The lowest BCUT2D eigenvalue weighted by atomic mass is 9.89. The van der Waals surface area contributed by atoms with Gasteiger partial charge in [0.2, 0.25) is 0 Å². The fourth-order valence-electron chi connectivity index (χ4n) is 3.24. The SMILES string of the molecule is O=C1C[C@@]2(CCN(C(=O)c3ccco3)C2)Oc2ccccc21. The third-order valence-corrected chi connectivity index (χ3v) is 4.33. The Morgan fingerprint density at radius 2 is 2.05 bits per heavy atom. The quantitative estimate of drug-likeness (QED) is 0.811. The molecular weight excluding hydrogens is 282 g/mol. The summed E-state index contributed by atoms with van der Waals surface area (Å²) in [5.41, 5.74) is 0.0252. The highest BCUT2D eigenvalue weighted by Gasteiger charge is 2.47. The van der Waals surface area contributed by atoms with Crippen molar-refractivity contribution in [2.24, 2.45) is 0 Å². The van der Waals surface area contributed by atoms with Crippen molar-refractivity contribution in [1.82, 2.24) is 4.90 Å². The topological polar surface area (TPSA) is 59.8 Å². The van der Waals surface area contributed by atoms with E-state index < -0.39 is 5.60 Å². The molecule has 1 atom stereocenters. The molecule has 5 nitrogen and oxygen atoms in total. The molecule has 2 aromatic rings. The second kappa shape index (κ2) is 4.73. The third kappa shape index (κ3) is 2.01. The predicted molar refractivity (Wildman–Crippen MR) is 78.0 cm³/mol. The molecule has 112 valence electrons. The summed E-state index contributed by atoms with van der Waals surface area (Å²) in [7, 11) is 0. The van der Waals surface area contributed by atoms with Gasteiger partial charge in [-0.05, 0) is 24.3 Å². The van der Waals surface area contributed by atoms with Gasteiger partial charge in [-0.3, -0.25) is 9.59 Å². The maximum Gasteiger partial charge on any atom is 0.289 e. The molecular formula is C17H15NO4. The molecule has 1 fully saturated rings. The molecule has 0 aliphatic carbocycles. The average molecular weight is 297 g/mol. The summed E-state index contributed by atoms with van der Waals surface area (Å²) in [4.78, 5) is 26.4. The lowest BCUT2D eigenvalue weighted by Crippen LogP contribution is -2.45. The molecule has 0 radical (unpaired) electrons. The van der Waals surface area contributed by atoms with E-state index in [4.69, 9.17) is 9.15 Å². The number of hydrogen-bond donors (Lipinski definition) is 0. The fraction of sp³-hybridized carbons (Fsp3) is 0.294. The minimum absolute atomic E-state index is 0.0779. The van der Waals surface area contributed by atoms with E-state index in [0.29, 0.717) is 43.0 Å². The largest absolute Gasteiger partial charge is 0.484 e. The number of hydrogen-bond acceptors (Lipinski definition) is 4. The van der Waals surface area contributed by atoms with Crippen LogP contribution in [-0.4, -0.2) is 35.3 Å². The summed E-state index contributed by atoms with van der Waals surface area (Å²) < 4.78 is 11.3. The van der Waals surface area contributed by atoms with Gasteiger partial charge in [0.05, 0.1) is 24.8 Å². The number of carbonyl (C=O) groups excluding carboxylic acids is 2. The molecule has 1 amide bonds. The van der Waals surface area contributed by atoms with Gasteiger partial charge in [0, 0.05) is 13.0 Å². The number of fused-ring (bicyclic) bond motifs is 1. The number of para-hydroxylation sites is 1. The molecule has 1 aromatic carbocycles. The number of amides is 1. The van der Waals surface area contributed by atoms with Gasteiger partial charge in [0.25, 0.3) is 5.91 Å². The number of ketones is 1. The van der Waals surface area contributed by atoms with Gasteiger partial charge in [-0.25, -0.2) is 0 Å². The fourth-order valence-corrected chi connectivity index (χ4v) is 3.24. The normalized spacial score (nSPS) is 23.5. The van der Waals surface area contributed by atoms with Gasteiger partial charge in [0.15, 0.2) is 11.5 Å². The summed E-state index contributed by atoms with van der Waals surface area (Å²) in [6.45, 7) is 0.974. The van der Waals surface area contributed by atoms with Crippen molar-refractivity contribution in [3.05, 3.63) is 54.0 Å². The summed E-state index contributed by atoms with van der Waals surface area (Å²) in [6, 6.07) is 10.6. The maximum absolute atomic E-state index is 12.4. The van der Waals surface area contributed by atoms with Gasteiger partial charge >= 0.3 is 0 Å². The van der Waals surface area contributed by atoms with Crippen LogP contribution in [0.25, 0.3) is 0 Å². The second-order valence-electron chi connectivity index (χ2n) is 5.84. The van der Waals surface area contributed by atoms with Crippen LogP contribution in [0, 0.1) is 0 Å². The Labute approximate surface area is 127 Å². The van der Waals surface area contributed by atoms with Crippen LogP contribution in [0.3, 0.4) is 0 Å². The van der Waals surface area contributed by atoms with Crippen molar-refractivity contribution in [2.75, 3.05) is 13.1 Å². The Morgan fingerprint density at radius 1 is 1.18 bits per heavy atom. The van der Waals surface area contributed by atoms with Gasteiger partial charge < -0.3 is 14.1 Å². The number of carbonyl (C=O) groups is 2. The highest BCUT2D eigenvalue weighted by atomic mass is 16.5. The van der Waals surface area contributed by atoms with E-state index in [1.807, 2.05) is 18.2 Å². The highest BCUT2D eigenvalue weighted by Crippen LogP contribution is 2.38. The number of likely N-dealkylation sites (tertiary alicyclic amines) is 1. The average Bonchev–Trinajstić information content (AvgIpc) is 3.17. The smallest absolute Gasteiger partial charge is 0.289 e. The van der Waals surface area contributed by atoms with Crippen molar-refractivity contribution >= 4 is 11.7 Å². The number of furan rings is 1. The molecule has 3 heterocycles. The number of nitrogens with zero attached hydrogens (tertiary/aromatic N) is 1. The molecule has 0 unspecified atom stereocenters. The van der Waals surface area contributed by atoms with E-state index >= 15 is 0 Å². The van der Waals surface area contributed by atoms with Gasteiger partial charge in [0.1, 0.15) is 11.4 Å². The number of benzene rings is 1. The number of ether oxygens (including phenoxy) is 1. The third-order valence-electron chi connectivity index (χ3n) is 4.33. The molecule has 22 heavy (non-hydrogen) atoms. The van der Waals surface area contributed by atoms with E-state index in [0.717, 1.165) is 0 Å². The molecule has 2 aliphatic rings. The number of rotatable bonds is 1. The van der Waals surface area contributed by atoms with Crippen LogP contribution in [0.4, 0.5) is 0 Å². The summed E-state index contributed by atoms with van der Waals surface area (Å²) in [6.07, 6.45) is 2.45. The first kappa shape index (κ1) is 13.1. The Balaban J connectivity index is 1.58. The molecule has 5 heteroatoms. The van der Waals surface area contributed by atoms with Gasteiger partial charge in [-0.15, -0.1) is 0 Å². The van der Waals surface area contributed by atoms with E-state index in [9.17, 15) is 9.59 Å². The molecule has 0 saturated carbocycles. The summed E-state index contributed by atoms with van der Waals surface area (Å²) in [5.74, 6) is 0.858. The van der Waals surface area contributed by atoms with E-state index in [2.05, 4.69) is 0 Å². The molecule has 0 bridgehead atoms. The van der Waals surface area contributed by atoms with Crippen LogP contribution >= 0.6 is 0 Å². The Hall–Kier alpha value is -2.56. The van der Waals surface area contributed by atoms with Crippen molar-refractivity contribution < 1.29 is 18.7 Å². The zero-order valence-corrected chi connectivity index (χ0v) is 12.0. The minimum atomic E-state index is -0.603. The van der Waals surface area contributed by atoms with Crippen molar-refractivity contribution in [3.63, 3.8) is 0 Å². The second-order valence-corrected chi connectivity index (χ2v) is 5.84. The van der Waals surface area contributed by atoms with Crippen LogP contribution < -0.4 is 4.74 Å². The zero-order valence-electron chi connectivity index (χ0n) is 12.0. The Morgan fingerprint density at radius 3 is 2.86 bits per heavy atom. The standard InChI is InChI=1S/C17H15NO4/c19-13-10-17(22-14-5-2-1-4-12(13)14)7-8-18(11-17)16(20)15-6-3-9-21-15/h1-6,9H,7-8,10-11H2/t17-/m1/s1. The minimum Gasteiger partial charge on any atom is -0.484 e. The van der Waals surface area contributed by atoms with Crippen LogP contribution in [0.15, 0.2) is 47.1 Å². The lowest BCUT2D eigenvalue weighted by molar-refractivity contribution is 0.0421. The summed E-state index contributed by atoms with van der Waals surface area (Å²) in [5, 5.41) is 0. The van der Waals surface area contributed by atoms with Crippen LogP contribution in [0.2, 0.25) is 0 Å². The zero-order chi connectivity index (χ0) is 15.2. The van der Waals surface area contributed by atoms with Crippen molar-refractivity contribution in [2.45, 2.75) is 18.4 Å². The highest BCUT2D eigenvalue weighted by molar-refractivity contribution is 6.00. The van der Waals surface area contributed by atoms with Crippen molar-refractivity contribution in [3.8, 4) is 5.75 Å². The molecule has 2 aliphatic heterocycles. The predicted octanol–water partition coefficient (Wildman–Crippen LogP) is 2.53. The summed E-state index contributed by atoms with van der Waals surface area (Å²) >= 11 is 0. The van der Waals surface area contributed by atoms with Crippen LogP contribution in [0.1, 0.15) is 33.8 Å². The maximum atomic E-state index is 12.4. The first-order valence-corrected chi connectivity index (χ1v) is 7.31. The molecule has 0 N–H and O–H groups in total. The molecule has 1 aromatic heterocycles. The van der Waals surface area contributed by atoms with Gasteiger partial charge in [-0.1, -0.05) is 12.1 Å². The first-order chi connectivity index (χ1) is 10.7. The monoisotopic (exact) mass is 297 g/mol. The van der Waals surface area contributed by atoms with Crippen LogP contribution in [-0.2, 0) is 0 Å². The lowest BCUT2D eigenvalue weighted by Gasteiger charge is -2.34.